The summed E-state index contributed by atoms with van der Waals surface area (Å²) in [5.41, 5.74) is -4.25. The lowest BCUT2D eigenvalue weighted by atomic mass is 9.75. The number of halogens is 4. The molecule has 3 N–H and O–H groups in total. The second-order valence-electron chi connectivity index (χ2n) is 10.2. The van der Waals surface area contributed by atoms with Gasteiger partial charge in [0.1, 0.15) is 5.75 Å². The molecule has 0 spiro atoms. The zero-order chi connectivity index (χ0) is 29.7. The fourth-order valence-corrected chi connectivity index (χ4v) is 5.74. The molecule has 2 saturated carbocycles. The smallest absolute Gasteiger partial charge is 0.446 e. The number of carbonyl (C=O) groups is 3. The summed E-state index contributed by atoms with van der Waals surface area (Å²) in [6, 6.07) is 7.12. The molecule has 8 nitrogen and oxygen atoms in total. The van der Waals surface area contributed by atoms with E-state index < -0.39 is 47.0 Å². The first-order chi connectivity index (χ1) is 19.4. The summed E-state index contributed by atoms with van der Waals surface area (Å²) in [7, 11) is 1.29. The maximum absolute atomic E-state index is 14.7. The van der Waals surface area contributed by atoms with Crippen molar-refractivity contribution in [3.63, 3.8) is 0 Å². The highest BCUT2D eigenvalue weighted by molar-refractivity contribution is 8.00. The monoisotopic (exact) mass is 598 g/mol. The zero-order valence-corrected chi connectivity index (χ0v) is 22.9. The first-order valence-corrected chi connectivity index (χ1v) is 14.0. The number of thioether (sulfide) groups is 1. The molecule has 2 fully saturated rings. The number of aliphatic carboxylic acids is 1. The minimum atomic E-state index is -4.46. The van der Waals surface area contributed by atoms with E-state index in [-0.39, 0.29) is 51.9 Å². The van der Waals surface area contributed by atoms with Crippen LogP contribution in [0.25, 0.3) is 0 Å². The molecule has 2 atom stereocenters. The highest BCUT2D eigenvalue weighted by Gasteiger charge is 2.36. The van der Waals surface area contributed by atoms with Crippen molar-refractivity contribution in [1.29, 1.82) is 0 Å². The molecular formula is C28H30F4N2O6S. The molecule has 13 heteroatoms. The molecule has 0 aromatic heterocycles. The van der Waals surface area contributed by atoms with E-state index >= 15 is 0 Å². The Morgan fingerprint density at radius 1 is 1.07 bits per heavy atom. The third-order valence-corrected chi connectivity index (χ3v) is 8.03. The number of benzene rings is 2. The number of amides is 2. The Bertz CT molecular complexity index is 1280. The van der Waals surface area contributed by atoms with Crippen molar-refractivity contribution in [3.05, 3.63) is 47.8 Å². The van der Waals surface area contributed by atoms with Crippen molar-refractivity contribution in [2.45, 2.75) is 55.0 Å². The van der Waals surface area contributed by atoms with Gasteiger partial charge in [0.15, 0.2) is 11.6 Å². The van der Waals surface area contributed by atoms with E-state index in [1.807, 2.05) is 0 Å². The molecule has 2 aliphatic carbocycles. The van der Waals surface area contributed by atoms with Crippen molar-refractivity contribution < 1.29 is 46.5 Å². The standard InChI is InChI=1S/C28H30F4N2O6S/c1-39-23-13-21(29)24(40-14-15-9-16(10-15)27(37)38)12-20(23)26(36)34-22-8-3-2-7-19(22)25(35)33-17-5-4-6-18(11-17)41-28(30,31)32/h4-6,11-13,15-16,19,22H,2-3,7-10,14H2,1H3,(H,33,35)(H,34,36)(H,37,38). The van der Waals surface area contributed by atoms with E-state index in [9.17, 15) is 31.9 Å². The molecule has 0 bridgehead atoms. The third kappa shape index (κ3) is 8.05. The molecular weight excluding hydrogens is 568 g/mol. The molecule has 2 aromatic rings. The molecule has 2 aromatic carbocycles. The summed E-state index contributed by atoms with van der Waals surface area (Å²) in [5.74, 6) is -3.98. The predicted molar refractivity (Wildman–Crippen MR) is 142 cm³/mol. The van der Waals surface area contributed by atoms with Gasteiger partial charge in [-0.3, -0.25) is 14.4 Å². The highest BCUT2D eigenvalue weighted by atomic mass is 32.2. The van der Waals surface area contributed by atoms with E-state index in [0.717, 1.165) is 18.9 Å². The SMILES string of the molecule is COc1cc(F)c(OCC2CC(C(=O)O)C2)cc1C(=O)NC1CCCCC1C(=O)Nc1cccc(SC(F)(F)F)c1. The number of carboxylic acid groups (broad SMARTS) is 1. The molecule has 0 aliphatic heterocycles. The van der Waals surface area contributed by atoms with Gasteiger partial charge in [-0.2, -0.15) is 13.2 Å². The molecule has 2 amide bonds. The number of hydrogen-bond acceptors (Lipinski definition) is 6. The summed E-state index contributed by atoms with van der Waals surface area (Å²) in [6.45, 7) is 0.0988. The van der Waals surface area contributed by atoms with Crippen LogP contribution < -0.4 is 20.1 Å². The minimum absolute atomic E-state index is 0.00234. The minimum Gasteiger partial charge on any atom is -0.496 e. The largest absolute Gasteiger partial charge is 0.496 e. The Hall–Kier alpha value is -3.48. The van der Waals surface area contributed by atoms with Gasteiger partial charge in [-0.25, -0.2) is 4.39 Å². The summed E-state index contributed by atoms with van der Waals surface area (Å²) in [6.07, 6.45) is 3.29. The maximum atomic E-state index is 14.7. The van der Waals surface area contributed by atoms with Crippen molar-refractivity contribution in [2.24, 2.45) is 17.8 Å². The summed E-state index contributed by atoms with van der Waals surface area (Å²) in [4.78, 5) is 37.4. The summed E-state index contributed by atoms with van der Waals surface area (Å²) >= 11 is -0.280. The van der Waals surface area contributed by atoms with Crippen LogP contribution in [0, 0.1) is 23.6 Å². The average molecular weight is 599 g/mol. The van der Waals surface area contributed by atoms with Crippen LogP contribution in [0.15, 0.2) is 41.3 Å². The molecule has 222 valence electrons. The Balaban J connectivity index is 1.43. The van der Waals surface area contributed by atoms with Crippen LogP contribution in [-0.4, -0.2) is 48.2 Å². The van der Waals surface area contributed by atoms with Gasteiger partial charge in [-0.1, -0.05) is 18.9 Å². The number of carboxylic acids is 1. The molecule has 0 saturated heterocycles. The summed E-state index contributed by atoms with van der Waals surface area (Å²) < 4.78 is 63.7. The molecule has 0 heterocycles. The quantitative estimate of drug-likeness (QED) is 0.232. The predicted octanol–water partition coefficient (Wildman–Crippen LogP) is 5.86. The number of hydrogen-bond donors (Lipinski definition) is 3. The number of carbonyl (C=O) groups excluding carboxylic acids is 2. The summed E-state index contributed by atoms with van der Waals surface area (Å²) in [5, 5.41) is 14.5. The van der Waals surface area contributed by atoms with Gasteiger partial charge in [-0.05, 0) is 67.6 Å². The number of anilines is 1. The Kier molecular flexibility index (Phi) is 9.67. The van der Waals surface area contributed by atoms with E-state index in [2.05, 4.69) is 10.6 Å². The van der Waals surface area contributed by atoms with Crippen LogP contribution in [0.2, 0.25) is 0 Å². The van der Waals surface area contributed by atoms with Gasteiger partial charge in [0.25, 0.3) is 5.91 Å². The third-order valence-electron chi connectivity index (χ3n) is 7.31. The van der Waals surface area contributed by atoms with Gasteiger partial charge in [-0.15, -0.1) is 0 Å². The first kappa shape index (κ1) is 30.5. The van der Waals surface area contributed by atoms with Crippen molar-refractivity contribution in [1.82, 2.24) is 5.32 Å². The van der Waals surface area contributed by atoms with Crippen LogP contribution in [0.5, 0.6) is 11.5 Å². The van der Waals surface area contributed by atoms with Crippen molar-refractivity contribution in [2.75, 3.05) is 19.0 Å². The van der Waals surface area contributed by atoms with E-state index in [4.69, 9.17) is 14.6 Å². The second kappa shape index (κ2) is 13.0. The molecule has 2 aliphatic rings. The van der Waals surface area contributed by atoms with E-state index in [1.165, 1.54) is 37.4 Å². The first-order valence-electron chi connectivity index (χ1n) is 13.1. The number of rotatable bonds is 10. The lowest BCUT2D eigenvalue weighted by Crippen LogP contribution is -2.46. The Labute approximate surface area is 238 Å². The van der Waals surface area contributed by atoms with Gasteiger partial charge >= 0.3 is 11.5 Å². The Morgan fingerprint density at radius 2 is 1.80 bits per heavy atom. The van der Waals surface area contributed by atoms with Crippen molar-refractivity contribution in [3.8, 4) is 11.5 Å². The molecule has 4 rings (SSSR count). The molecule has 41 heavy (non-hydrogen) atoms. The Morgan fingerprint density at radius 3 is 2.49 bits per heavy atom. The lowest BCUT2D eigenvalue weighted by Gasteiger charge is -2.32. The van der Waals surface area contributed by atoms with Gasteiger partial charge < -0.3 is 25.2 Å². The second-order valence-corrected chi connectivity index (χ2v) is 11.3. The fourth-order valence-electron chi connectivity index (χ4n) is 5.14. The lowest BCUT2D eigenvalue weighted by molar-refractivity contribution is -0.146. The van der Waals surface area contributed by atoms with Gasteiger partial charge in [0.2, 0.25) is 5.91 Å². The topological polar surface area (TPSA) is 114 Å². The van der Waals surface area contributed by atoms with Crippen molar-refractivity contribution >= 4 is 35.2 Å². The zero-order valence-electron chi connectivity index (χ0n) is 22.1. The van der Waals surface area contributed by atoms with Crippen LogP contribution in [0.1, 0.15) is 48.9 Å². The van der Waals surface area contributed by atoms with Gasteiger partial charge in [0.05, 0.1) is 31.1 Å². The van der Waals surface area contributed by atoms with Gasteiger partial charge in [0, 0.05) is 22.7 Å². The highest BCUT2D eigenvalue weighted by Crippen LogP contribution is 2.38. The van der Waals surface area contributed by atoms with Crippen LogP contribution in [0.4, 0.5) is 23.2 Å². The molecule has 0 radical (unpaired) electrons. The number of alkyl halides is 3. The van der Waals surface area contributed by atoms with E-state index in [1.54, 1.807) is 0 Å². The normalized spacial score (nSPS) is 22.3. The van der Waals surface area contributed by atoms with Crippen LogP contribution >= 0.6 is 11.8 Å². The average Bonchev–Trinajstić information content (AvgIpc) is 2.87. The maximum Gasteiger partial charge on any atom is 0.446 e. The van der Waals surface area contributed by atoms with Crippen LogP contribution in [-0.2, 0) is 9.59 Å². The van der Waals surface area contributed by atoms with E-state index in [0.29, 0.717) is 25.7 Å². The number of nitrogens with one attached hydrogen (secondary N) is 2. The molecule has 2 unspecified atom stereocenters. The fraction of sp³-hybridized carbons (Fsp3) is 0.464. The number of ether oxygens (including phenoxy) is 2. The number of methoxy groups -OCH3 is 1. The van der Waals surface area contributed by atoms with Crippen LogP contribution in [0.3, 0.4) is 0 Å².